The van der Waals surface area contributed by atoms with Crippen molar-refractivity contribution in [1.82, 2.24) is 14.8 Å². The fourth-order valence-corrected chi connectivity index (χ4v) is 5.83. The first-order chi connectivity index (χ1) is 15.8. The summed E-state index contributed by atoms with van der Waals surface area (Å²) in [6.45, 7) is 4.59. The monoisotopic (exact) mass is 470 g/mol. The molecule has 0 aliphatic carbocycles. The fourth-order valence-electron chi connectivity index (χ4n) is 4.70. The van der Waals surface area contributed by atoms with E-state index in [9.17, 15) is 14.4 Å². The molecular weight excluding hydrogens is 444 g/mol. The second-order valence-corrected chi connectivity index (χ2v) is 10.2. The van der Waals surface area contributed by atoms with Crippen LogP contribution >= 0.6 is 11.8 Å². The smallest absolute Gasteiger partial charge is 0.270 e. The molecule has 0 radical (unpaired) electrons. The first-order valence-electron chi connectivity index (χ1n) is 10.9. The normalized spacial score (nSPS) is 22.5. The molecule has 2 aliphatic rings. The van der Waals surface area contributed by atoms with Crippen molar-refractivity contribution in [3.63, 3.8) is 0 Å². The number of hydrogen-bond acceptors (Lipinski definition) is 6. The van der Waals surface area contributed by atoms with E-state index in [4.69, 9.17) is 9.47 Å². The molecule has 1 saturated heterocycles. The summed E-state index contributed by atoms with van der Waals surface area (Å²) in [5.74, 6) is 1.01. The quantitative estimate of drug-likeness (QED) is 0.542. The molecule has 174 valence electrons. The van der Waals surface area contributed by atoms with E-state index in [1.54, 1.807) is 23.9 Å². The van der Waals surface area contributed by atoms with Crippen molar-refractivity contribution in [2.75, 3.05) is 24.8 Å². The van der Waals surface area contributed by atoms with Crippen molar-refractivity contribution in [2.24, 2.45) is 0 Å². The second kappa shape index (κ2) is 8.11. The number of rotatable bonds is 3. The molecule has 3 N–H and O–H groups in total. The van der Waals surface area contributed by atoms with Crippen LogP contribution in [0.3, 0.4) is 0 Å². The van der Waals surface area contributed by atoms with Crippen molar-refractivity contribution in [1.29, 1.82) is 0 Å². The van der Waals surface area contributed by atoms with Crippen LogP contribution in [0.25, 0.3) is 10.9 Å². The molecule has 5 rings (SSSR count). The lowest BCUT2D eigenvalue weighted by atomic mass is 9.94. The Hall–Kier alpha value is -2.98. The van der Waals surface area contributed by atoms with E-state index >= 15 is 0 Å². The van der Waals surface area contributed by atoms with Crippen LogP contribution in [0, 0.1) is 0 Å². The van der Waals surface area contributed by atoms with Crippen LogP contribution in [-0.4, -0.2) is 45.7 Å². The molecule has 9 nitrogen and oxygen atoms in total. The number of carbonyl (C=O) groups is 1. The Morgan fingerprint density at radius 3 is 2.76 bits per heavy atom. The van der Waals surface area contributed by atoms with Gasteiger partial charge in [0.1, 0.15) is 11.6 Å². The Morgan fingerprint density at radius 2 is 2.00 bits per heavy atom. The Bertz CT molecular complexity index is 1360. The van der Waals surface area contributed by atoms with Gasteiger partial charge >= 0.3 is 0 Å². The number of amides is 1. The maximum Gasteiger partial charge on any atom is 0.270 e. The molecule has 1 amide bonds. The van der Waals surface area contributed by atoms with E-state index < -0.39 is 5.25 Å². The molecule has 0 bridgehead atoms. The van der Waals surface area contributed by atoms with Gasteiger partial charge in [-0.3, -0.25) is 24.2 Å². The third-order valence-electron chi connectivity index (χ3n) is 6.26. The number of ether oxygens (including phenoxy) is 2. The van der Waals surface area contributed by atoms with E-state index in [2.05, 4.69) is 15.4 Å². The lowest BCUT2D eigenvalue weighted by molar-refractivity contribution is -0.113. The predicted octanol–water partition coefficient (Wildman–Crippen LogP) is 2.93. The Balaban J connectivity index is 1.64. The van der Waals surface area contributed by atoms with E-state index in [1.807, 2.05) is 26.0 Å². The number of thioether (sulfide) groups is 1. The van der Waals surface area contributed by atoms with Crippen LogP contribution in [0.1, 0.15) is 49.1 Å². The zero-order chi connectivity index (χ0) is 23.3. The number of nitrogens with zero attached hydrogens (tertiary/aromatic N) is 1. The second-order valence-electron chi connectivity index (χ2n) is 9.07. The van der Waals surface area contributed by atoms with Gasteiger partial charge in [0.25, 0.3) is 11.1 Å². The van der Waals surface area contributed by atoms with Gasteiger partial charge in [0, 0.05) is 18.2 Å². The van der Waals surface area contributed by atoms with Crippen molar-refractivity contribution < 1.29 is 14.3 Å². The molecule has 2 aliphatic heterocycles. The van der Waals surface area contributed by atoms with E-state index in [0.717, 1.165) is 5.39 Å². The standard InChI is InChI=1S/C23H26N4O5S/c1-23(2)10-13(6-7-32-23)27-20-18(22(30)26-27)19(33-11-17(28)25-20)15-8-12-4-5-14(31-3)9-16(12)24-21(15)29/h4-5,8-9,13,19H,6-7,10-11H2,1-3H3,(H,24,29)(H,25,28)(H,26,30)/t13-,19+/m0/s1. The third-order valence-corrected chi connectivity index (χ3v) is 7.52. The highest BCUT2D eigenvalue weighted by Crippen LogP contribution is 2.41. The highest BCUT2D eigenvalue weighted by atomic mass is 32.2. The summed E-state index contributed by atoms with van der Waals surface area (Å²) < 4.78 is 12.8. The summed E-state index contributed by atoms with van der Waals surface area (Å²) in [6.07, 6.45) is 1.41. The van der Waals surface area contributed by atoms with Crippen molar-refractivity contribution in [2.45, 2.75) is 43.6 Å². The van der Waals surface area contributed by atoms with E-state index in [-0.39, 0.29) is 34.4 Å². The lowest BCUT2D eigenvalue weighted by Gasteiger charge is -2.36. The number of methoxy groups -OCH3 is 1. The van der Waals surface area contributed by atoms with E-state index in [1.165, 1.54) is 11.8 Å². The average molecular weight is 471 g/mol. The molecule has 0 saturated carbocycles. The van der Waals surface area contributed by atoms with Gasteiger partial charge in [-0.2, -0.15) is 0 Å². The number of hydrogen-bond donors (Lipinski definition) is 3. The van der Waals surface area contributed by atoms with Gasteiger partial charge in [0.05, 0.1) is 40.8 Å². The fraction of sp³-hybridized carbons (Fsp3) is 0.435. The number of carbonyl (C=O) groups excluding carboxylic acids is 1. The molecule has 4 heterocycles. The van der Waals surface area contributed by atoms with Crippen LogP contribution in [-0.2, 0) is 9.53 Å². The lowest BCUT2D eigenvalue weighted by Crippen LogP contribution is -2.36. The highest BCUT2D eigenvalue weighted by molar-refractivity contribution is 8.00. The number of anilines is 1. The number of pyridine rings is 1. The molecule has 2 aromatic heterocycles. The maximum atomic E-state index is 13.2. The van der Waals surface area contributed by atoms with Gasteiger partial charge in [-0.25, -0.2) is 0 Å². The summed E-state index contributed by atoms with van der Waals surface area (Å²) in [7, 11) is 1.57. The molecular formula is C23H26N4O5S. The zero-order valence-corrected chi connectivity index (χ0v) is 19.5. The zero-order valence-electron chi connectivity index (χ0n) is 18.7. The third kappa shape index (κ3) is 3.97. The topological polar surface area (TPSA) is 118 Å². The summed E-state index contributed by atoms with van der Waals surface area (Å²) in [5.41, 5.74) is 0.541. The van der Waals surface area contributed by atoms with Crippen LogP contribution in [0.2, 0.25) is 0 Å². The average Bonchev–Trinajstić information content (AvgIpc) is 2.98. The number of benzene rings is 1. The molecule has 1 fully saturated rings. The minimum absolute atomic E-state index is 0.0309. The van der Waals surface area contributed by atoms with Crippen molar-refractivity contribution in [3.05, 3.63) is 56.1 Å². The predicted molar refractivity (Wildman–Crippen MR) is 127 cm³/mol. The van der Waals surface area contributed by atoms with Crippen molar-refractivity contribution >= 4 is 34.4 Å². The maximum absolute atomic E-state index is 13.2. The molecule has 2 atom stereocenters. The van der Waals surface area contributed by atoms with Gasteiger partial charge in [-0.15, -0.1) is 11.8 Å². The van der Waals surface area contributed by atoms with Crippen LogP contribution in [0.5, 0.6) is 5.75 Å². The first-order valence-corrected chi connectivity index (χ1v) is 11.9. The Kier molecular flexibility index (Phi) is 5.37. The summed E-state index contributed by atoms with van der Waals surface area (Å²) in [4.78, 5) is 41.8. The molecule has 33 heavy (non-hydrogen) atoms. The minimum atomic E-state index is -0.591. The number of nitrogens with one attached hydrogen (secondary N) is 3. The van der Waals surface area contributed by atoms with Gasteiger partial charge in [0.2, 0.25) is 5.91 Å². The molecule has 10 heteroatoms. The van der Waals surface area contributed by atoms with Crippen LogP contribution in [0.4, 0.5) is 5.82 Å². The molecule has 0 spiro atoms. The molecule has 0 unspecified atom stereocenters. The first kappa shape index (κ1) is 21.8. The Morgan fingerprint density at radius 1 is 1.18 bits per heavy atom. The number of aromatic amines is 2. The highest BCUT2D eigenvalue weighted by Gasteiger charge is 2.36. The summed E-state index contributed by atoms with van der Waals surface area (Å²) in [6, 6.07) is 7.19. The Labute approximate surface area is 193 Å². The van der Waals surface area contributed by atoms with Gasteiger partial charge in [0.15, 0.2) is 0 Å². The van der Waals surface area contributed by atoms with Crippen LogP contribution in [0.15, 0.2) is 33.9 Å². The van der Waals surface area contributed by atoms with Crippen molar-refractivity contribution in [3.8, 4) is 5.75 Å². The largest absolute Gasteiger partial charge is 0.497 e. The molecule has 1 aromatic carbocycles. The summed E-state index contributed by atoms with van der Waals surface area (Å²) >= 11 is 1.28. The number of H-pyrrole nitrogens is 2. The van der Waals surface area contributed by atoms with Gasteiger partial charge < -0.3 is 19.8 Å². The van der Waals surface area contributed by atoms with Crippen LogP contribution < -0.4 is 21.2 Å². The SMILES string of the molecule is COc1ccc2cc([C@H]3SCC(=O)Nc4c3c(=O)[nH]n4[C@H]3CCOC(C)(C)C3)c(=O)[nH]c2c1. The minimum Gasteiger partial charge on any atom is -0.497 e. The number of aromatic nitrogens is 3. The van der Waals surface area contributed by atoms with Gasteiger partial charge in [-0.1, -0.05) is 0 Å². The van der Waals surface area contributed by atoms with Gasteiger partial charge in [-0.05, 0) is 50.3 Å². The molecule has 3 aromatic rings. The summed E-state index contributed by atoms with van der Waals surface area (Å²) in [5, 5.41) is 6.07. The number of fused-ring (bicyclic) bond motifs is 2. The van der Waals surface area contributed by atoms with E-state index in [0.29, 0.717) is 47.7 Å².